The zero-order valence-corrected chi connectivity index (χ0v) is 13.3. The van der Waals surface area contributed by atoms with Crippen molar-refractivity contribution in [3.63, 3.8) is 0 Å². The van der Waals surface area contributed by atoms with Gasteiger partial charge in [0.1, 0.15) is 5.82 Å². The van der Waals surface area contributed by atoms with E-state index in [2.05, 4.69) is 36.5 Å². The minimum absolute atomic E-state index is 0.200. The van der Waals surface area contributed by atoms with Gasteiger partial charge in [0, 0.05) is 0 Å². The van der Waals surface area contributed by atoms with Crippen LogP contribution in [0.5, 0.6) is 0 Å². The highest BCUT2D eigenvalue weighted by molar-refractivity contribution is 6.30. The molecule has 112 valence electrons. The average molecular weight is 306 g/mol. The highest BCUT2D eigenvalue weighted by Gasteiger charge is 2.14. The average Bonchev–Trinajstić information content (AvgIpc) is 2.44. The SMILES string of the molecule is CNCC(Cc1cccc(C)c1)Cc1cccc(Cl)c1F. The monoisotopic (exact) mass is 305 g/mol. The molecule has 1 unspecified atom stereocenters. The zero-order valence-electron chi connectivity index (χ0n) is 12.5. The summed E-state index contributed by atoms with van der Waals surface area (Å²) in [6.45, 7) is 2.94. The molecule has 2 aromatic carbocycles. The summed E-state index contributed by atoms with van der Waals surface area (Å²) in [5.41, 5.74) is 3.23. The van der Waals surface area contributed by atoms with Crippen LogP contribution < -0.4 is 5.32 Å². The molecule has 1 nitrogen and oxygen atoms in total. The maximum absolute atomic E-state index is 14.1. The maximum Gasteiger partial charge on any atom is 0.144 e. The number of halogens is 2. The molecule has 0 aromatic heterocycles. The van der Waals surface area contributed by atoms with E-state index in [1.807, 2.05) is 19.2 Å². The lowest BCUT2D eigenvalue weighted by Crippen LogP contribution is -2.23. The molecule has 1 atom stereocenters. The van der Waals surface area contributed by atoms with Crippen LogP contribution in [0, 0.1) is 18.7 Å². The van der Waals surface area contributed by atoms with Crippen molar-refractivity contribution in [3.05, 3.63) is 70.0 Å². The summed E-state index contributed by atoms with van der Waals surface area (Å²) >= 11 is 5.86. The number of aryl methyl sites for hydroxylation is 1. The lowest BCUT2D eigenvalue weighted by atomic mass is 9.91. The van der Waals surface area contributed by atoms with Crippen molar-refractivity contribution >= 4 is 11.6 Å². The van der Waals surface area contributed by atoms with E-state index in [-0.39, 0.29) is 10.8 Å². The Balaban J connectivity index is 2.13. The van der Waals surface area contributed by atoms with Crippen LogP contribution in [0.4, 0.5) is 4.39 Å². The highest BCUT2D eigenvalue weighted by atomic mass is 35.5. The van der Waals surface area contributed by atoms with E-state index < -0.39 is 0 Å². The van der Waals surface area contributed by atoms with Crippen molar-refractivity contribution in [2.45, 2.75) is 19.8 Å². The zero-order chi connectivity index (χ0) is 15.2. The summed E-state index contributed by atoms with van der Waals surface area (Å²) in [6, 6.07) is 13.7. The molecular weight excluding hydrogens is 285 g/mol. The summed E-state index contributed by atoms with van der Waals surface area (Å²) < 4.78 is 14.1. The number of rotatable bonds is 6. The second-order valence-corrected chi connectivity index (χ2v) is 5.94. The predicted octanol–water partition coefficient (Wildman–Crippen LogP) is 4.41. The van der Waals surface area contributed by atoms with E-state index in [4.69, 9.17) is 11.6 Å². The molecule has 2 aromatic rings. The van der Waals surface area contributed by atoms with Gasteiger partial charge in [-0.1, -0.05) is 53.6 Å². The number of hydrogen-bond donors (Lipinski definition) is 1. The number of nitrogens with one attached hydrogen (secondary N) is 1. The Kier molecular flexibility index (Phi) is 5.77. The van der Waals surface area contributed by atoms with Gasteiger partial charge >= 0.3 is 0 Å². The highest BCUT2D eigenvalue weighted by Crippen LogP contribution is 2.22. The second kappa shape index (κ2) is 7.58. The Morgan fingerprint density at radius 3 is 2.62 bits per heavy atom. The first-order valence-electron chi connectivity index (χ1n) is 7.23. The van der Waals surface area contributed by atoms with Gasteiger partial charge in [0.25, 0.3) is 0 Å². The summed E-state index contributed by atoms with van der Waals surface area (Å²) in [5.74, 6) is 0.0503. The third kappa shape index (κ3) is 4.55. The van der Waals surface area contributed by atoms with Gasteiger partial charge in [-0.05, 0) is 56.5 Å². The van der Waals surface area contributed by atoms with Crippen molar-refractivity contribution in [3.8, 4) is 0 Å². The molecule has 0 aliphatic carbocycles. The van der Waals surface area contributed by atoms with Crippen LogP contribution in [-0.4, -0.2) is 13.6 Å². The van der Waals surface area contributed by atoms with Gasteiger partial charge < -0.3 is 5.32 Å². The van der Waals surface area contributed by atoms with Crippen LogP contribution in [0.2, 0.25) is 5.02 Å². The fourth-order valence-corrected chi connectivity index (χ4v) is 2.89. The summed E-state index contributed by atoms with van der Waals surface area (Å²) in [5, 5.41) is 3.40. The quantitative estimate of drug-likeness (QED) is 0.833. The van der Waals surface area contributed by atoms with E-state index in [9.17, 15) is 4.39 Å². The van der Waals surface area contributed by atoms with E-state index in [0.29, 0.717) is 17.9 Å². The van der Waals surface area contributed by atoms with E-state index >= 15 is 0 Å². The summed E-state index contributed by atoms with van der Waals surface area (Å²) in [4.78, 5) is 0. The Labute approximate surface area is 131 Å². The topological polar surface area (TPSA) is 12.0 Å². The standard InChI is InChI=1S/C18H21ClFN/c1-13-5-3-6-14(9-13)10-15(12-21-2)11-16-7-4-8-17(19)18(16)20/h3-9,15,21H,10-12H2,1-2H3. The first-order chi connectivity index (χ1) is 10.1. The molecule has 0 bridgehead atoms. The Hall–Kier alpha value is -1.38. The fourth-order valence-electron chi connectivity index (χ4n) is 2.69. The lowest BCUT2D eigenvalue weighted by Gasteiger charge is -2.18. The Bertz CT molecular complexity index is 598. The number of benzene rings is 2. The van der Waals surface area contributed by atoms with Gasteiger partial charge in [-0.2, -0.15) is 0 Å². The molecule has 0 aliphatic rings. The van der Waals surface area contributed by atoms with Crippen LogP contribution in [0.15, 0.2) is 42.5 Å². The van der Waals surface area contributed by atoms with Gasteiger partial charge in [0.15, 0.2) is 0 Å². The second-order valence-electron chi connectivity index (χ2n) is 5.53. The number of hydrogen-bond acceptors (Lipinski definition) is 1. The molecule has 0 fully saturated rings. The van der Waals surface area contributed by atoms with Crippen LogP contribution in [0.1, 0.15) is 16.7 Å². The lowest BCUT2D eigenvalue weighted by molar-refractivity contribution is 0.480. The molecule has 0 radical (unpaired) electrons. The van der Waals surface area contributed by atoms with Crippen molar-refractivity contribution in [1.29, 1.82) is 0 Å². The minimum Gasteiger partial charge on any atom is -0.319 e. The van der Waals surface area contributed by atoms with E-state index in [1.54, 1.807) is 6.07 Å². The van der Waals surface area contributed by atoms with Crippen LogP contribution in [-0.2, 0) is 12.8 Å². The fraction of sp³-hybridized carbons (Fsp3) is 0.333. The summed E-state index contributed by atoms with van der Waals surface area (Å²) in [7, 11) is 1.93. The normalized spacial score (nSPS) is 12.4. The van der Waals surface area contributed by atoms with Gasteiger partial charge in [0.05, 0.1) is 5.02 Å². The van der Waals surface area contributed by atoms with Crippen molar-refractivity contribution < 1.29 is 4.39 Å². The van der Waals surface area contributed by atoms with Crippen LogP contribution >= 0.6 is 11.6 Å². The molecule has 0 heterocycles. The predicted molar refractivity (Wildman–Crippen MR) is 87.4 cm³/mol. The Morgan fingerprint density at radius 1 is 1.14 bits per heavy atom. The molecule has 0 amide bonds. The van der Waals surface area contributed by atoms with E-state index in [1.165, 1.54) is 11.1 Å². The Morgan fingerprint density at radius 2 is 1.90 bits per heavy atom. The van der Waals surface area contributed by atoms with Gasteiger partial charge in [-0.25, -0.2) is 4.39 Å². The van der Waals surface area contributed by atoms with Gasteiger partial charge in [-0.15, -0.1) is 0 Å². The van der Waals surface area contributed by atoms with Crippen LogP contribution in [0.3, 0.4) is 0 Å². The van der Waals surface area contributed by atoms with Crippen molar-refractivity contribution in [1.82, 2.24) is 5.32 Å². The molecule has 21 heavy (non-hydrogen) atoms. The first-order valence-corrected chi connectivity index (χ1v) is 7.61. The van der Waals surface area contributed by atoms with Gasteiger partial charge in [-0.3, -0.25) is 0 Å². The minimum atomic E-state index is -0.287. The van der Waals surface area contributed by atoms with Crippen LogP contribution in [0.25, 0.3) is 0 Å². The molecule has 0 saturated carbocycles. The smallest absolute Gasteiger partial charge is 0.144 e. The van der Waals surface area contributed by atoms with Crippen molar-refractivity contribution in [2.75, 3.05) is 13.6 Å². The third-order valence-electron chi connectivity index (χ3n) is 3.64. The van der Waals surface area contributed by atoms with Gasteiger partial charge in [0.2, 0.25) is 0 Å². The molecule has 2 rings (SSSR count). The molecule has 3 heteroatoms. The first kappa shape index (κ1) is 16.0. The molecule has 0 saturated heterocycles. The van der Waals surface area contributed by atoms with Crippen molar-refractivity contribution in [2.24, 2.45) is 5.92 Å². The largest absolute Gasteiger partial charge is 0.319 e. The van der Waals surface area contributed by atoms with E-state index in [0.717, 1.165) is 13.0 Å². The molecule has 1 N–H and O–H groups in total. The summed E-state index contributed by atoms with van der Waals surface area (Å²) in [6.07, 6.45) is 1.61. The maximum atomic E-state index is 14.1. The third-order valence-corrected chi connectivity index (χ3v) is 3.93. The molecule has 0 spiro atoms. The molecule has 0 aliphatic heterocycles. The molecular formula is C18H21ClFN.